The lowest BCUT2D eigenvalue weighted by Crippen LogP contribution is -2.31. The number of benzene rings is 1. The minimum atomic E-state index is -4.76. The monoisotopic (exact) mass is 480 g/mol. The quantitative estimate of drug-likeness (QED) is 0.554. The predicted octanol–water partition coefficient (Wildman–Crippen LogP) is 3.35. The van der Waals surface area contributed by atoms with E-state index in [0.29, 0.717) is 11.1 Å². The molecule has 34 heavy (non-hydrogen) atoms. The smallest absolute Gasteiger partial charge is 0.433 e. The van der Waals surface area contributed by atoms with Crippen LogP contribution in [0.5, 0.6) is 17.2 Å². The van der Waals surface area contributed by atoms with Gasteiger partial charge in [-0.1, -0.05) is 0 Å². The number of halogens is 3. The normalized spacial score (nSPS) is 16.0. The molecule has 0 saturated carbocycles. The summed E-state index contributed by atoms with van der Waals surface area (Å²) in [5.74, 6) is 0.183. The summed E-state index contributed by atoms with van der Waals surface area (Å²) >= 11 is 0. The molecule has 12 heteroatoms. The molecule has 4 rings (SSSR count). The minimum Gasteiger partial charge on any atom is -0.493 e. The highest BCUT2D eigenvalue weighted by Crippen LogP contribution is 2.42. The summed E-state index contributed by atoms with van der Waals surface area (Å²) in [7, 11) is 4.21. The number of ether oxygens (including phenoxy) is 4. The van der Waals surface area contributed by atoms with E-state index >= 15 is 0 Å². The van der Waals surface area contributed by atoms with Gasteiger partial charge in [-0.25, -0.2) is 9.50 Å². The molecule has 1 N–H and O–H groups in total. The van der Waals surface area contributed by atoms with E-state index in [1.807, 2.05) is 0 Å². The second-order valence-corrected chi connectivity index (χ2v) is 7.58. The first kappa shape index (κ1) is 23.6. The Morgan fingerprint density at radius 1 is 1.18 bits per heavy atom. The fraction of sp³-hybridized carbons (Fsp3) is 0.409. The van der Waals surface area contributed by atoms with Crippen molar-refractivity contribution in [2.75, 3.05) is 34.5 Å². The van der Waals surface area contributed by atoms with Gasteiger partial charge in [0.2, 0.25) is 5.75 Å². The van der Waals surface area contributed by atoms with Gasteiger partial charge in [-0.3, -0.25) is 4.79 Å². The van der Waals surface area contributed by atoms with E-state index in [1.54, 1.807) is 0 Å². The molecule has 1 aliphatic heterocycles. The number of aromatic nitrogens is 3. The van der Waals surface area contributed by atoms with Crippen LogP contribution in [0.4, 0.5) is 13.2 Å². The lowest BCUT2D eigenvalue weighted by molar-refractivity contribution is -0.142. The zero-order valence-corrected chi connectivity index (χ0v) is 18.7. The van der Waals surface area contributed by atoms with Crippen molar-refractivity contribution in [2.45, 2.75) is 25.1 Å². The summed E-state index contributed by atoms with van der Waals surface area (Å²) in [6.45, 7) is 0.862. The molecule has 1 unspecified atom stereocenters. The number of methoxy groups -OCH3 is 3. The Hall–Kier alpha value is -3.54. The molecule has 2 aromatic heterocycles. The number of amides is 1. The van der Waals surface area contributed by atoms with Crippen molar-refractivity contribution in [3.05, 3.63) is 35.7 Å². The Morgan fingerprint density at radius 3 is 2.44 bits per heavy atom. The lowest BCUT2D eigenvalue weighted by atomic mass is 10.1. The number of rotatable bonds is 7. The molecule has 1 amide bonds. The van der Waals surface area contributed by atoms with Gasteiger partial charge in [-0.15, -0.1) is 0 Å². The van der Waals surface area contributed by atoms with Crippen molar-refractivity contribution in [3.63, 3.8) is 0 Å². The third-order valence-electron chi connectivity index (χ3n) is 5.48. The number of carbonyl (C=O) groups is 1. The summed E-state index contributed by atoms with van der Waals surface area (Å²) < 4.78 is 63.7. The van der Waals surface area contributed by atoms with Gasteiger partial charge in [0.05, 0.1) is 39.3 Å². The van der Waals surface area contributed by atoms with E-state index in [9.17, 15) is 18.0 Å². The molecule has 0 bridgehead atoms. The first-order valence-electron chi connectivity index (χ1n) is 10.4. The Balaban J connectivity index is 1.82. The Bertz CT molecular complexity index is 1180. The van der Waals surface area contributed by atoms with Crippen molar-refractivity contribution < 1.29 is 36.9 Å². The number of fused-ring (bicyclic) bond motifs is 1. The molecule has 3 heterocycles. The molecular formula is C22H23F3N4O5. The third-order valence-corrected chi connectivity index (χ3v) is 5.48. The lowest BCUT2D eigenvalue weighted by Gasteiger charge is -2.15. The van der Waals surface area contributed by atoms with Gasteiger partial charge in [0, 0.05) is 18.7 Å². The fourth-order valence-electron chi connectivity index (χ4n) is 3.81. The van der Waals surface area contributed by atoms with Crippen molar-refractivity contribution in [2.24, 2.45) is 0 Å². The van der Waals surface area contributed by atoms with Gasteiger partial charge in [-0.05, 0) is 31.0 Å². The number of hydrogen-bond donors (Lipinski definition) is 1. The first-order chi connectivity index (χ1) is 16.3. The summed E-state index contributed by atoms with van der Waals surface area (Å²) in [6, 6.07) is 3.82. The van der Waals surface area contributed by atoms with Crippen LogP contribution < -0.4 is 19.5 Å². The molecule has 1 aromatic carbocycles. The number of hydrogen-bond acceptors (Lipinski definition) is 7. The second kappa shape index (κ2) is 9.37. The van der Waals surface area contributed by atoms with Crippen LogP contribution in [0.15, 0.2) is 24.4 Å². The highest BCUT2D eigenvalue weighted by atomic mass is 19.4. The second-order valence-electron chi connectivity index (χ2n) is 7.58. The number of nitrogens with zero attached hydrogens (tertiary/aromatic N) is 3. The Kier molecular flexibility index (Phi) is 6.51. The van der Waals surface area contributed by atoms with Crippen LogP contribution in [0.3, 0.4) is 0 Å². The van der Waals surface area contributed by atoms with Crippen LogP contribution >= 0.6 is 0 Å². The van der Waals surface area contributed by atoms with E-state index in [2.05, 4.69) is 15.4 Å². The van der Waals surface area contributed by atoms with Crippen molar-refractivity contribution in [1.82, 2.24) is 19.9 Å². The van der Waals surface area contributed by atoms with Crippen molar-refractivity contribution in [3.8, 4) is 28.5 Å². The molecule has 9 nitrogen and oxygen atoms in total. The Morgan fingerprint density at radius 2 is 1.88 bits per heavy atom. The van der Waals surface area contributed by atoms with Gasteiger partial charge in [0.1, 0.15) is 5.56 Å². The van der Waals surface area contributed by atoms with Gasteiger partial charge in [0.25, 0.3) is 5.91 Å². The van der Waals surface area contributed by atoms with Gasteiger partial charge >= 0.3 is 6.18 Å². The van der Waals surface area contributed by atoms with E-state index in [1.165, 1.54) is 33.5 Å². The highest BCUT2D eigenvalue weighted by Gasteiger charge is 2.36. The molecule has 1 fully saturated rings. The average molecular weight is 480 g/mol. The maximum atomic E-state index is 13.9. The topological polar surface area (TPSA) is 96.2 Å². The number of carbonyl (C=O) groups excluding carboxylic acids is 1. The van der Waals surface area contributed by atoms with E-state index in [4.69, 9.17) is 18.9 Å². The molecule has 0 radical (unpaired) electrons. The largest absolute Gasteiger partial charge is 0.493 e. The third kappa shape index (κ3) is 4.45. The summed E-state index contributed by atoms with van der Waals surface area (Å²) in [5, 5.41) is 6.48. The van der Waals surface area contributed by atoms with Gasteiger partial charge < -0.3 is 24.3 Å². The van der Waals surface area contributed by atoms with E-state index in [0.717, 1.165) is 25.1 Å². The molecular weight excluding hydrogens is 457 g/mol. The van der Waals surface area contributed by atoms with Crippen LogP contribution in [-0.2, 0) is 10.9 Å². The maximum absolute atomic E-state index is 13.9. The zero-order valence-electron chi connectivity index (χ0n) is 18.7. The minimum absolute atomic E-state index is 0.0484. The predicted molar refractivity (Wildman–Crippen MR) is 114 cm³/mol. The van der Waals surface area contributed by atoms with E-state index < -0.39 is 17.8 Å². The van der Waals surface area contributed by atoms with Crippen LogP contribution in [0.25, 0.3) is 16.9 Å². The van der Waals surface area contributed by atoms with E-state index in [-0.39, 0.29) is 52.4 Å². The van der Waals surface area contributed by atoms with Crippen LogP contribution in [0.1, 0.15) is 28.9 Å². The molecule has 0 aliphatic carbocycles. The number of alkyl halides is 3. The molecule has 1 saturated heterocycles. The van der Waals surface area contributed by atoms with Gasteiger partial charge in [-0.2, -0.15) is 18.3 Å². The Labute approximate surface area is 192 Å². The SMILES string of the molecule is COc1cc(-c2cc(C(F)(F)F)n3ncc(C(=O)NCC4CCCO4)c3n2)cc(OC)c1OC. The summed E-state index contributed by atoms with van der Waals surface area (Å²) in [4.78, 5) is 17.1. The van der Waals surface area contributed by atoms with Crippen molar-refractivity contribution >= 4 is 11.6 Å². The van der Waals surface area contributed by atoms with Crippen LogP contribution in [0.2, 0.25) is 0 Å². The molecule has 182 valence electrons. The summed E-state index contributed by atoms with van der Waals surface area (Å²) in [6.07, 6.45) is -2.11. The van der Waals surface area contributed by atoms with Crippen molar-refractivity contribution in [1.29, 1.82) is 0 Å². The van der Waals surface area contributed by atoms with Crippen LogP contribution in [0, 0.1) is 0 Å². The fourth-order valence-corrected chi connectivity index (χ4v) is 3.81. The molecule has 1 atom stereocenters. The standard InChI is InChI=1S/C22H23F3N4O5/c1-31-16-7-12(8-17(32-2)19(16)33-3)15-9-18(22(23,24)25)29-20(28-15)14(11-27-29)21(30)26-10-13-5-4-6-34-13/h7-9,11,13H,4-6,10H2,1-3H3,(H,26,30). The highest BCUT2D eigenvalue weighted by molar-refractivity contribution is 6.00. The van der Waals surface area contributed by atoms with Crippen LogP contribution in [-0.4, -0.2) is 61.1 Å². The average Bonchev–Trinajstić information content (AvgIpc) is 3.50. The van der Waals surface area contributed by atoms with Gasteiger partial charge in [0.15, 0.2) is 22.8 Å². The molecule has 3 aromatic rings. The maximum Gasteiger partial charge on any atom is 0.433 e. The zero-order chi connectivity index (χ0) is 24.5. The number of nitrogens with one attached hydrogen (secondary N) is 1. The molecule has 0 spiro atoms. The molecule has 1 aliphatic rings. The summed E-state index contributed by atoms with van der Waals surface area (Å²) in [5.41, 5.74) is -1.18. The first-order valence-corrected chi connectivity index (χ1v) is 10.4.